The first-order valence-electron chi connectivity index (χ1n) is 6.97. The van der Waals surface area contributed by atoms with Crippen LogP contribution < -0.4 is 4.74 Å². The monoisotopic (exact) mass is 262 g/mol. The Kier molecular flexibility index (Phi) is 3.83. The molecule has 1 aliphatic rings. The van der Waals surface area contributed by atoms with Gasteiger partial charge in [-0.1, -0.05) is 25.0 Å². The molecule has 1 aliphatic carbocycles. The lowest BCUT2D eigenvalue weighted by atomic mass is 9.76. The van der Waals surface area contributed by atoms with E-state index in [-0.39, 0.29) is 6.10 Å². The summed E-state index contributed by atoms with van der Waals surface area (Å²) in [5, 5.41) is 9.74. The highest BCUT2D eigenvalue weighted by molar-refractivity contribution is 5.83. The van der Waals surface area contributed by atoms with E-state index in [2.05, 4.69) is 0 Å². The van der Waals surface area contributed by atoms with Crippen LogP contribution in [0.1, 0.15) is 50.7 Å². The minimum absolute atomic E-state index is 0.0489. The van der Waals surface area contributed by atoms with Gasteiger partial charge in [0.1, 0.15) is 5.75 Å². The Morgan fingerprint density at radius 2 is 1.95 bits per heavy atom. The van der Waals surface area contributed by atoms with Gasteiger partial charge in [-0.05, 0) is 45.2 Å². The second kappa shape index (κ2) is 5.24. The summed E-state index contributed by atoms with van der Waals surface area (Å²) in [5.74, 6) is 0.0206. The number of carboxylic acid groups (broad SMARTS) is 1. The Morgan fingerprint density at radius 1 is 1.32 bits per heavy atom. The molecule has 0 bridgehead atoms. The van der Waals surface area contributed by atoms with Crippen molar-refractivity contribution < 1.29 is 14.6 Å². The second-order valence-corrected chi connectivity index (χ2v) is 5.71. The molecule has 0 atom stereocenters. The van der Waals surface area contributed by atoms with Crippen LogP contribution in [0.25, 0.3) is 0 Å². The van der Waals surface area contributed by atoms with Crippen molar-refractivity contribution in [3.05, 3.63) is 29.3 Å². The number of rotatable bonds is 4. The normalized spacial score (nSPS) is 17.7. The van der Waals surface area contributed by atoms with E-state index < -0.39 is 11.4 Å². The quantitative estimate of drug-likeness (QED) is 0.900. The van der Waals surface area contributed by atoms with E-state index in [9.17, 15) is 9.90 Å². The predicted molar refractivity (Wildman–Crippen MR) is 74.7 cm³/mol. The Morgan fingerprint density at radius 3 is 2.47 bits per heavy atom. The Bertz CT molecular complexity index is 471. The maximum atomic E-state index is 11.9. The van der Waals surface area contributed by atoms with E-state index in [1.807, 2.05) is 39.0 Å². The van der Waals surface area contributed by atoms with Gasteiger partial charge in [-0.15, -0.1) is 0 Å². The SMILES string of the molecule is Cc1cccc(OC(C)C)c1C1(C(=O)O)CCCC1. The molecule has 0 spiro atoms. The fourth-order valence-electron chi connectivity index (χ4n) is 3.16. The van der Waals surface area contributed by atoms with Crippen LogP contribution in [-0.2, 0) is 10.2 Å². The van der Waals surface area contributed by atoms with Crippen LogP contribution in [0.15, 0.2) is 18.2 Å². The van der Waals surface area contributed by atoms with Gasteiger partial charge >= 0.3 is 5.97 Å². The van der Waals surface area contributed by atoms with Crippen molar-refractivity contribution in [1.82, 2.24) is 0 Å². The van der Waals surface area contributed by atoms with Crippen LogP contribution in [0.4, 0.5) is 0 Å². The minimum Gasteiger partial charge on any atom is -0.491 e. The molecule has 1 aromatic carbocycles. The molecule has 0 saturated heterocycles. The molecule has 0 radical (unpaired) electrons. The highest BCUT2D eigenvalue weighted by Crippen LogP contribution is 2.46. The van der Waals surface area contributed by atoms with Crippen LogP contribution in [-0.4, -0.2) is 17.2 Å². The Hall–Kier alpha value is -1.51. The summed E-state index contributed by atoms with van der Waals surface area (Å²) in [4.78, 5) is 11.9. The average molecular weight is 262 g/mol. The lowest BCUT2D eigenvalue weighted by molar-refractivity contribution is -0.143. The number of carbonyl (C=O) groups is 1. The Balaban J connectivity index is 2.55. The fourth-order valence-corrected chi connectivity index (χ4v) is 3.16. The predicted octanol–water partition coefficient (Wildman–Crippen LogP) is 3.68. The lowest BCUT2D eigenvalue weighted by Crippen LogP contribution is -2.34. The van der Waals surface area contributed by atoms with Crippen LogP contribution >= 0.6 is 0 Å². The zero-order valence-corrected chi connectivity index (χ0v) is 11.9. The molecule has 0 aromatic heterocycles. The number of benzene rings is 1. The summed E-state index contributed by atoms with van der Waals surface area (Å²) in [5.41, 5.74) is 1.14. The van der Waals surface area contributed by atoms with Gasteiger partial charge in [0.25, 0.3) is 0 Å². The summed E-state index contributed by atoms with van der Waals surface area (Å²) >= 11 is 0. The van der Waals surface area contributed by atoms with Gasteiger partial charge in [0.05, 0.1) is 11.5 Å². The molecule has 1 N–H and O–H groups in total. The second-order valence-electron chi connectivity index (χ2n) is 5.71. The van der Waals surface area contributed by atoms with Crippen LogP contribution in [0.5, 0.6) is 5.75 Å². The molecular weight excluding hydrogens is 240 g/mol. The van der Waals surface area contributed by atoms with Crippen LogP contribution in [0, 0.1) is 6.92 Å². The minimum atomic E-state index is -0.754. The molecule has 3 heteroatoms. The van der Waals surface area contributed by atoms with Crippen molar-refractivity contribution in [2.45, 2.75) is 58.0 Å². The molecule has 104 valence electrons. The smallest absolute Gasteiger partial charge is 0.314 e. The topological polar surface area (TPSA) is 46.5 Å². The number of hydrogen-bond acceptors (Lipinski definition) is 2. The Labute approximate surface area is 114 Å². The molecule has 2 rings (SSSR count). The van der Waals surface area contributed by atoms with Gasteiger partial charge in [-0.25, -0.2) is 0 Å². The summed E-state index contributed by atoms with van der Waals surface area (Å²) in [6.45, 7) is 5.91. The number of carboxylic acids is 1. The maximum Gasteiger partial charge on any atom is 0.314 e. The highest BCUT2D eigenvalue weighted by atomic mass is 16.5. The van der Waals surface area contributed by atoms with Crippen LogP contribution in [0.3, 0.4) is 0 Å². The lowest BCUT2D eigenvalue weighted by Gasteiger charge is -2.29. The summed E-state index contributed by atoms with van der Waals surface area (Å²) in [6, 6.07) is 5.80. The van der Waals surface area contributed by atoms with Crippen molar-refractivity contribution in [3.63, 3.8) is 0 Å². The standard InChI is InChI=1S/C16H22O3/c1-11(2)19-13-8-6-7-12(3)14(13)16(15(17)18)9-4-5-10-16/h6-8,11H,4-5,9-10H2,1-3H3,(H,17,18). The molecule has 1 saturated carbocycles. The van der Waals surface area contributed by atoms with E-state index in [4.69, 9.17) is 4.74 Å². The van der Waals surface area contributed by atoms with Gasteiger partial charge in [0.2, 0.25) is 0 Å². The summed E-state index contributed by atoms with van der Waals surface area (Å²) < 4.78 is 5.85. The zero-order valence-electron chi connectivity index (χ0n) is 11.9. The summed E-state index contributed by atoms with van der Waals surface area (Å²) in [7, 11) is 0. The molecule has 1 fully saturated rings. The van der Waals surface area contributed by atoms with Gasteiger partial charge in [-0.3, -0.25) is 4.79 Å². The largest absolute Gasteiger partial charge is 0.491 e. The first-order valence-corrected chi connectivity index (χ1v) is 6.97. The van der Waals surface area contributed by atoms with E-state index in [1.165, 1.54) is 0 Å². The van der Waals surface area contributed by atoms with Crippen molar-refractivity contribution in [2.75, 3.05) is 0 Å². The molecule has 19 heavy (non-hydrogen) atoms. The molecule has 0 heterocycles. The van der Waals surface area contributed by atoms with Gasteiger partial charge < -0.3 is 9.84 Å². The van der Waals surface area contributed by atoms with E-state index >= 15 is 0 Å². The van der Waals surface area contributed by atoms with E-state index in [1.54, 1.807) is 0 Å². The maximum absolute atomic E-state index is 11.9. The van der Waals surface area contributed by atoms with Gasteiger partial charge in [-0.2, -0.15) is 0 Å². The third-order valence-corrected chi connectivity index (χ3v) is 3.94. The molecule has 0 aliphatic heterocycles. The molecular formula is C16H22O3. The molecule has 0 amide bonds. The molecule has 0 unspecified atom stereocenters. The van der Waals surface area contributed by atoms with Crippen molar-refractivity contribution in [3.8, 4) is 5.75 Å². The van der Waals surface area contributed by atoms with Gasteiger partial charge in [0, 0.05) is 5.56 Å². The van der Waals surface area contributed by atoms with Crippen molar-refractivity contribution >= 4 is 5.97 Å². The number of aliphatic carboxylic acids is 1. The van der Waals surface area contributed by atoms with Crippen LogP contribution in [0.2, 0.25) is 0 Å². The van der Waals surface area contributed by atoms with E-state index in [0.717, 1.165) is 29.7 Å². The van der Waals surface area contributed by atoms with E-state index in [0.29, 0.717) is 12.8 Å². The number of aryl methyl sites for hydroxylation is 1. The fraction of sp³-hybridized carbons (Fsp3) is 0.562. The summed E-state index contributed by atoms with van der Waals surface area (Å²) in [6.07, 6.45) is 3.42. The highest BCUT2D eigenvalue weighted by Gasteiger charge is 2.45. The molecule has 1 aromatic rings. The van der Waals surface area contributed by atoms with Crippen molar-refractivity contribution in [2.24, 2.45) is 0 Å². The molecule has 3 nitrogen and oxygen atoms in total. The number of hydrogen-bond donors (Lipinski definition) is 1. The first kappa shape index (κ1) is 13.9. The first-order chi connectivity index (χ1) is 8.97. The van der Waals surface area contributed by atoms with Gasteiger partial charge in [0.15, 0.2) is 0 Å². The number of ether oxygens (including phenoxy) is 1. The third kappa shape index (κ3) is 2.46. The van der Waals surface area contributed by atoms with Crippen molar-refractivity contribution in [1.29, 1.82) is 0 Å². The third-order valence-electron chi connectivity index (χ3n) is 3.94. The zero-order chi connectivity index (χ0) is 14.0. The average Bonchev–Trinajstić information content (AvgIpc) is 2.78.